The van der Waals surface area contributed by atoms with Crippen molar-refractivity contribution in [3.63, 3.8) is 0 Å². The first-order valence-corrected chi connectivity index (χ1v) is 8.22. The Morgan fingerprint density at radius 2 is 2.10 bits per heavy atom. The van der Waals surface area contributed by atoms with E-state index < -0.39 is 27.9 Å². The summed E-state index contributed by atoms with van der Waals surface area (Å²) in [6.07, 6.45) is 0. The van der Waals surface area contributed by atoms with E-state index in [0.717, 1.165) is 29.5 Å². The van der Waals surface area contributed by atoms with Gasteiger partial charge in [-0.05, 0) is 42.1 Å². The highest BCUT2D eigenvalue weighted by molar-refractivity contribution is 7.89. The number of nitrogens with one attached hydrogen (secondary N) is 1. The normalized spacial score (nSPS) is 13.0. The van der Waals surface area contributed by atoms with Crippen LogP contribution in [0.5, 0.6) is 0 Å². The highest BCUT2D eigenvalue weighted by Gasteiger charge is 2.28. The van der Waals surface area contributed by atoms with Gasteiger partial charge in [0.2, 0.25) is 10.0 Å². The number of rotatable bonds is 5. The van der Waals surface area contributed by atoms with Gasteiger partial charge in [-0.3, -0.25) is 4.79 Å². The molecule has 1 aromatic heterocycles. The third-order valence-corrected chi connectivity index (χ3v) is 5.29. The number of carboxylic acid groups (broad SMARTS) is 1. The lowest BCUT2D eigenvalue weighted by molar-refractivity contribution is -0.139. The summed E-state index contributed by atoms with van der Waals surface area (Å²) in [7, 11) is -4.07. The standard InChI is InChI=1S/C13H12FNO4S2/c1-8-7-9(14)4-5-11(8)21(18,19)15-12(13(16)17)10-3-2-6-20-10/h2-7,12,15H,1H3,(H,16,17). The summed E-state index contributed by atoms with van der Waals surface area (Å²) < 4.78 is 39.7. The number of halogens is 1. The maximum atomic E-state index is 13.0. The first-order chi connectivity index (χ1) is 9.81. The van der Waals surface area contributed by atoms with Crippen LogP contribution in [0.25, 0.3) is 0 Å². The molecule has 2 aromatic rings. The Balaban J connectivity index is 2.37. The van der Waals surface area contributed by atoms with Crippen LogP contribution in [-0.2, 0) is 14.8 Å². The summed E-state index contributed by atoms with van der Waals surface area (Å²) >= 11 is 1.13. The largest absolute Gasteiger partial charge is 0.480 e. The smallest absolute Gasteiger partial charge is 0.327 e. The van der Waals surface area contributed by atoms with Gasteiger partial charge in [-0.25, -0.2) is 12.8 Å². The Morgan fingerprint density at radius 1 is 1.38 bits per heavy atom. The van der Waals surface area contributed by atoms with Crippen molar-refractivity contribution in [1.82, 2.24) is 4.72 Å². The van der Waals surface area contributed by atoms with Crippen LogP contribution < -0.4 is 4.72 Å². The summed E-state index contributed by atoms with van der Waals surface area (Å²) in [6, 6.07) is 4.99. The van der Waals surface area contributed by atoms with Crippen molar-refractivity contribution >= 4 is 27.3 Å². The van der Waals surface area contributed by atoms with Crippen molar-refractivity contribution in [1.29, 1.82) is 0 Å². The van der Waals surface area contributed by atoms with Crippen LogP contribution in [0.15, 0.2) is 40.6 Å². The van der Waals surface area contributed by atoms with Crippen LogP contribution in [0.3, 0.4) is 0 Å². The summed E-state index contributed by atoms with van der Waals surface area (Å²) in [5, 5.41) is 10.8. The van der Waals surface area contributed by atoms with Crippen LogP contribution >= 0.6 is 11.3 Å². The first kappa shape index (κ1) is 15.6. The second-order valence-electron chi connectivity index (χ2n) is 4.32. The van der Waals surface area contributed by atoms with E-state index in [0.29, 0.717) is 4.88 Å². The van der Waals surface area contributed by atoms with Crippen LogP contribution in [0.1, 0.15) is 16.5 Å². The van der Waals surface area contributed by atoms with Gasteiger partial charge < -0.3 is 5.11 Å². The summed E-state index contributed by atoms with van der Waals surface area (Å²) in [6.45, 7) is 1.44. The number of carbonyl (C=O) groups is 1. The molecule has 0 amide bonds. The Labute approximate surface area is 125 Å². The lowest BCUT2D eigenvalue weighted by atomic mass is 10.2. The predicted octanol–water partition coefficient (Wildman–Crippen LogP) is 2.30. The molecule has 112 valence electrons. The first-order valence-electron chi connectivity index (χ1n) is 5.86. The third kappa shape index (κ3) is 3.46. The van der Waals surface area contributed by atoms with E-state index in [-0.39, 0.29) is 10.5 Å². The van der Waals surface area contributed by atoms with Crippen LogP contribution in [0, 0.1) is 12.7 Å². The molecule has 1 aromatic carbocycles. The zero-order chi connectivity index (χ0) is 15.6. The number of aryl methyl sites for hydroxylation is 1. The molecule has 0 saturated carbocycles. The summed E-state index contributed by atoms with van der Waals surface area (Å²) in [4.78, 5) is 11.5. The fraction of sp³-hybridized carbons (Fsp3) is 0.154. The third-order valence-electron chi connectivity index (χ3n) is 2.77. The number of benzene rings is 1. The Bertz CT molecular complexity index is 756. The molecule has 0 saturated heterocycles. The minimum Gasteiger partial charge on any atom is -0.480 e. The minimum absolute atomic E-state index is 0.147. The van der Waals surface area contributed by atoms with Crippen molar-refractivity contribution < 1.29 is 22.7 Å². The highest BCUT2D eigenvalue weighted by atomic mass is 32.2. The second kappa shape index (κ2) is 5.92. The van der Waals surface area contributed by atoms with Gasteiger partial charge in [-0.2, -0.15) is 4.72 Å². The monoisotopic (exact) mass is 329 g/mol. The van der Waals surface area contributed by atoms with Crippen molar-refractivity contribution in [2.45, 2.75) is 17.9 Å². The Hall–Kier alpha value is -1.77. The zero-order valence-corrected chi connectivity index (χ0v) is 12.5. The molecule has 0 aliphatic carbocycles. The molecule has 8 heteroatoms. The van der Waals surface area contributed by atoms with Crippen LogP contribution in [0.4, 0.5) is 4.39 Å². The minimum atomic E-state index is -4.07. The van der Waals surface area contributed by atoms with Gasteiger partial charge in [0.25, 0.3) is 0 Å². The van der Waals surface area contributed by atoms with Gasteiger partial charge in [0, 0.05) is 4.88 Å². The van der Waals surface area contributed by atoms with Crippen molar-refractivity contribution in [2.75, 3.05) is 0 Å². The van der Waals surface area contributed by atoms with Crippen molar-refractivity contribution in [3.8, 4) is 0 Å². The van der Waals surface area contributed by atoms with Gasteiger partial charge in [-0.15, -0.1) is 11.3 Å². The Kier molecular flexibility index (Phi) is 4.40. The maximum Gasteiger partial charge on any atom is 0.327 e. The number of thiophene rings is 1. The van der Waals surface area contributed by atoms with E-state index in [4.69, 9.17) is 0 Å². The molecule has 1 atom stereocenters. The van der Waals surface area contributed by atoms with Crippen LogP contribution in [0.2, 0.25) is 0 Å². The molecule has 2 rings (SSSR count). The van der Waals surface area contributed by atoms with Gasteiger partial charge in [-0.1, -0.05) is 6.07 Å². The number of sulfonamides is 1. The fourth-order valence-corrected chi connectivity index (χ4v) is 4.06. The van der Waals surface area contributed by atoms with Crippen molar-refractivity contribution in [3.05, 3.63) is 52.0 Å². The molecule has 0 spiro atoms. The van der Waals surface area contributed by atoms with Gasteiger partial charge >= 0.3 is 5.97 Å². The zero-order valence-electron chi connectivity index (χ0n) is 10.9. The molecule has 0 aliphatic heterocycles. The number of hydrogen-bond acceptors (Lipinski definition) is 4. The molecule has 0 fully saturated rings. The van der Waals surface area contributed by atoms with Crippen LogP contribution in [-0.4, -0.2) is 19.5 Å². The quantitative estimate of drug-likeness (QED) is 0.881. The van der Waals surface area contributed by atoms with E-state index in [1.807, 2.05) is 0 Å². The molecule has 1 heterocycles. The molecular formula is C13H12FNO4S2. The lowest BCUT2D eigenvalue weighted by Gasteiger charge is -2.14. The molecule has 1 unspecified atom stereocenters. The SMILES string of the molecule is Cc1cc(F)ccc1S(=O)(=O)NC(C(=O)O)c1cccs1. The van der Waals surface area contributed by atoms with E-state index in [1.54, 1.807) is 11.4 Å². The van der Waals surface area contributed by atoms with E-state index in [2.05, 4.69) is 4.72 Å². The highest BCUT2D eigenvalue weighted by Crippen LogP contribution is 2.23. The topological polar surface area (TPSA) is 83.5 Å². The number of aliphatic carboxylic acids is 1. The predicted molar refractivity (Wildman–Crippen MR) is 76.2 cm³/mol. The van der Waals surface area contributed by atoms with E-state index in [1.165, 1.54) is 13.0 Å². The average molecular weight is 329 g/mol. The number of hydrogen-bond donors (Lipinski definition) is 2. The summed E-state index contributed by atoms with van der Waals surface area (Å²) in [5.74, 6) is -1.86. The molecule has 0 bridgehead atoms. The molecule has 0 radical (unpaired) electrons. The Morgan fingerprint density at radius 3 is 2.62 bits per heavy atom. The molecule has 2 N–H and O–H groups in total. The van der Waals surface area contributed by atoms with E-state index in [9.17, 15) is 22.7 Å². The van der Waals surface area contributed by atoms with Gasteiger partial charge in [0.15, 0.2) is 6.04 Å². The summed E-state index contributed by atoms with van der Waals surface area (Å²) in [5.41, 5.74) is 0.206. The van der Waals surface area contributed by atoms with Gasteiger partial charge in [0.1, 0.15) is 5.82 Å². The lowest BCUT2D eigenvalue weighted by Crippen LogP contribution is -2.33. The van der Waals surface area contributed by atoms with Gasteiger partial charge in [0.05, 0.1) is 4.90 Å². The number of carboxylic acids is 1. The molecule has 21 heavy (non-hydrogen) atoms. The molecule has 0 aliphatic rings. The van der Waals surface area contributed by atoms with E-state index >= 15 is 0 Å². The average Bonchev–Trinajstić information content (AvgIpc) is 2.88. The van der Waals surface area contributed by atoms with Crippen molar-refractivity contribution in [2.24, 2.45) is 0 Å². The fourth-order valence-electron chi connectivity index (χ4n) is 1.82. The molecule has 5 nitrogen and oxygen atoms in total. The maximum absolute atomic E-state index is 13.0. The molecular weight excluding hydrogens is 317 g/mol. The second-order valence-corrected chi connectivity index (χ2v) is 6.98.